The van der Waals surface area contributed by atoms with E-state index in [0.29, 0.717) is 11.5 Å². The van der Waals surface area contributed by atoms with Gasteiger partial charge < -0.3 is 5.32 Å². The van der Waals surface area contributed by atoms with E-state index in [4.69, 9.17) is 0 Å². The average molecular weight is 231 g/mol. The summed E-state index contributed by atoms with van der Waals surface area (Å²) < 4.78 is 11.2. The Morgan fingerprint density at radius 1 is 1.47 bits per heavy atom. The van der Waals surface area contributed by atoms with Gasteiger partial charge in [-0.05, 0) is 25.2 Å². The van der Waals surface area contributed by atoms with Gasteiger partial charge in [0.2, 0.25) is 0 Å². The third kappa shape index (κ3) is 3.87. The second kappa shape index (κ2) is 5.44. The molecule has 3 heteroatoms. The zero-order chi connectivity index (χ0) is 11.5. The Bertz CT molecular complexity index is 228. The first-order chi connectivity index (χ1) is 6.93. The maximum Gasteiger partial charge on any atom is 0.0441 e. The minimum Gasteiger partial charge on any atom is -0.312 e. The van der Waals surface area contributed by atoms with Crippen molar-refractivity contribution in [3.05, 3.63) is 0 Å². The molecule has 3 atom stereocenters. The number of rotatable bonds is 4. The molecule has 1 aliphatic rings. The standard InChI is InChI=1S/C12H25NOS/c1-10(15(4)14)9-13-11-7-5-6-8-12(11,2)3/h10-11,13H,5-9H2,1-4H3. The van der Waals surface area contributed by atoms with E-state index in [2.05, 4.69) is 26.1 Å². The van der Waals surface area contributed by atoms with Crippen LogP contribution in [0.15, 0.2) is 0 Å². The van der Waals surface area contributed by atoms with Crippen LogP contribution in [0.25, 0.3) is 0 Å². The summed E-state index contributed by atoms with van der Waals surface area (Å²) in [7, 11) is -0.702. The summed E-state index contributed by atoms with van der Waals surface area (Å²) in [6.07, 6.45) is 7.08. The highest BCUT2D eigenvalue weighted by Crippen LogP contribution is 2.35. The highest BCUT2D eigenvalue weighted by atomic mass is 32.2. The smallest absolute Gasteiger partial charge is 0.0441 e. The maximum absolute atomic E-state index is 11.2. The molecule has 2 nitrogen and oxygen atoms in total. The Hall–Kier alpha value is 0.110. The highest BCUT2D eigenvalue weighted by molar-refractivity contribution is 7.84. The molecule has 1 rings (SSSR count). The molecule has 1 N–H and O–H groups in total. The predicted octanol–water partition coefficient (Wildman–Crippen LogP) is 2.31. The van der Waals surface area contributed by atoms with Crippen molar-refractivity contribution in [2.24, 2.45) is 5.41 Å². The summed E-state index contributed by atoms with van der Waals surface area (Å²) >= 11 is 0. The normalized spacial score (nSPS) is 29.7. The molecule has 0 heterocycles. The molecule has 0 radical (unpaired) electrons. The number of hydrogen-bond acceptors (Lipinski definition) is 2. The largest absolute Gasteiger partial charge is 0.312 e. The SMILES string of the molecule is CC(CNC1CCCCC1(C)C)S(C)=O. The molecule has 0 amide bonds. The van der Waals surface area contributed by atoms with Crippen LogP contribution in [0, 0.1) is 5.41 Å². The fourth-order valence-corrected chi connectivity index (χ4v) is 2.63. The summed E-state index contributed by atoms with van der Waals surface area (Å²) in [6, 6.07) is 0.609. The summed E-state index contributed by atoms with van der Waals surface area (Å²) in [5, 5.41) is 3.87. The van der Waals surface area contributed by atoms with Crippen LogP contribution in [-0.2, 0) is 10.8 Å². The third-order valence-electron chi connectivity index (χ3n) is 3.73. The van der Waals surface area contributed by atoms with E-state index in [-0.39, 0.29) is 5.25 Å². The fraction of sp³-hybridized carbons (Fsp3) is 1.00. The number of hydrogen-bond donors (Lipinski definition) is 1. The Balaban J connectivity index is 2.39. The van der Waals surface area contributed by atoms with Gasteiger partial charge in [0.25, 0.3) is 0 Å². The first-order valence-corrected chi connectivity index (χ1v) is 7.61. The van der Waals surface area contributed by atoms with Gasteiger partial charge in [0, 0.05) is 34.9 Å². The Morgan fingerprint density at radius 2 is 2.13 bits per heavy atom. The molecule has 1 fully saturated rings. The van der Waals surface area contributed by atoms with Crippen molar-refractivity contribution in [3.63, 3.8) is 0 Å². The lowest BCUT2D eigenvalue weighted by Gasteiger charge is -2.39. The van der Waals surface area contributed by atoms with Crippen LogP contribution < -0.4 is 5.32 Å². The maximum atomic E-state index is 11.2. The van der Waals surface area contributed by atoms with E-state index in [1.807, 2.05) is 0 Å². The first-order valence-electron chi connectivity index (χ1n) is 5.99. The molecule has 90 valence electrons. The zero-order valence-electron chi connectivity index (χ0n) is 10.5. The Morgan fingerprint density at radius 3 is 2.67 bits per heavy atom. The number of nitrogens with one attached hydrogen (secondary N) is 1. The second-order valence-corrected chi connectivity index (χ2v) is 7.31. The van der Waals surface area contributed by atoms with Crippen molar-refractivity contribution >= 4 is 10.8 Å². The quantitative estimate of drug-likeness (QED) is 0.804. The van der Waals surface area contributed by atoms with E-state index in [9.17, 15) is 4.21 Å². The minimum atomic E-state index is -0.702. The highest BCUT2D eigenvalue weighted by Gasteiger charge is 2.31. The van der Waals surface area contributed by atoms with Gasteiger partial charge in [-0.25, -0.2) is 0 Å². The van der Waals surface area contributed by atoms with Crippen LogP contribution in [0.2, 0.25) is 0 Å². The van der Waals surface area contributed by atoms with E-state index >= 15 is 0 Å². The van der Waals surface area contributed by atoms with Crippen LogP contribution in [-0.4, -0.2) is 28.3 Å². The summed E-state index contributed by atoms with van der Waals surface area (Å²) in [4.78, 5) is 0. The van der Waals surface area contributed by atoms with Crippen molar-refractivity contribution in [1.82, 2.24) is 5.32 Å². The van der Waals surface area contributed by atoms with Crippen molar-refractivity contribution in [1.29, 1.82) is 0 Å². The lowest BCUT2D eigenvalue weighted by Crippen LogP contribution is -2.46. The summed E-state index contributed by atoms with van der Waals surface area (Å²) in [5.74, 6) is 0. The van der Waals surface area contributed by atoms with Crippen molar-refractivity contribution < 1.29 is 4.21 Å². The minimum absolute atomic E-state index is 0.266. The van der Waals surface area contributed by atoms with E-state index in [1.54, 1.807) is 6.26 Å². The van der Waals surface area contributed by atoms with Crippen LogP contribution >= 0.6 is 0 Å². The molecule has 0 aromatic carbocycles. The van der Waals surface area contributed by atoms with Crippen LogP contribution in [0.4, 0.5) is 0 Å². The Kier molecular flexibility index (Phi) is 4.78. The van der Waals surface area contributed by atoms with Gasteiger partial charge in [-0.3, -0.25) is 4.21 Å². The fourth-order valence-electron chi connectivity index (χ4n) is 2.30. The molecule has 0 saturated heterocycles. The predicted molar refractivity (Wildman–Crippen MR) is 67.6 cm³/mol. The van der Waals surface area contributed by atoms with E-state index in [0.717, 1.165) is 6.54 Å². The van der Waals surface area contributed by atoms with Crippen LogP contribution in [0.5, 0.6) is 0 Å². The molecule has 1 aliphatic carbocycles. The van der Waals surface area contributed by atoms with Crippen LogP contribution in [0.1, 0.15) is 46.5 Å². The molecule has 0 aliphatic heterocycles. The Labute approximate surface area is 96.7 Å². The topological polar surface area (TPSA) is 29.1 Å². The van der Waals surface area contributed by atoms with Gasteiger partial charge >= 0.3 is 0 Å². The van der Waals surface area contributed by atoms with Crippen molar-refractivity contribution in [2.45, 2.75) is 57.7 Å². The van der Waals surface area contributed by atoms with Gasteiger partial charge in [-0.2, -0.15) is 0 Å². The van der Waals surface area contributed by atoms with Gasteiger partial charge in [0.05, 0.1) is 0 Å². The third-order valence-corrected chi connectivity index (χ3v) is 5.03. The van der Waals surface area contributed by atoms with Crippen molar-refractivity contribution in [3.8, 4) is 0 Å². The molecular weight excluding hydrogens is 206 g/mol. The lowest BCUT2D eigenvalue weighted by atomic mass is 9.73. The van der Waals surface area contributed by atoms with Gasteiger partial charge in [-0.1, -0.05) is 26.7 Å². The monoisotopic (exact) mass is 231 g/mol. The average Bonchev–Trinajstić information content (AvgIpc) is 2.14. The van der Waals surface area contributed by atoms with Crippen molar-refractivity contribution in [2.75, 3.05) is 12.8 Å². The molecular formula is C12H25NOS. The molecule has 0 aromatic rings. The first kappa shape index (κ1) is 13.2. The summed E-state index contributed by atoms with van der Waals surface area (Å²) in [6.45, 7) is 7.63. The molecule has 0 spiro atoms. The lowest BCUT2D eigenvalue weighted by molar-refractivity contribution is 0.169. The molecule has 15 heavy (non-hydrogen) atoms. The second-order valence-electron chi connectivity index (χ2n) is 5.50. The molecule has 3 unspecified atom stereocenters. The molecule has 1 saturated carbocycles. The summed E-state index contributed by atoms with van der Waals surface area (Å²) in [5.41, 5.74) is 0.410. The molecule has 0 aromatic heterocycles. The van der Waals surface area contributed by atoms with E-state index in [1.165, 1.54) is 25.7 Å². The van der Waals surface area contributed by atoms with E-state index < -0.39 is 10.8 Å². The van der Waals surface area contributed by atoms with Gasteiger partial charge in [-0.15, -0.1) is 0 Å². The molecule has 0 bridgehead atoms. The van der Waals surface area contributed by atoms with Gasteiger partial charge in [0.15, 0.2) is 0 Å². The zero-order valence-corrected chi connectivity index (χ0v) is 11.3. The van der Waals surface area contributed by atoms with Gasteiger partial charge in [0.1, 0.15) is 0 Å². The van der Waals surface area contributed by atoms with Crippen LogP contribution in [0.3, 0.4) is 0 Å².